The molecule has 0 spiro atoms. The lowest BCUT2D eigenvalue weighted by atomic mass is 10.1. The Morgan fingerprint density at radius 3 is 2.31 bits per heavy atom. The second-order valence-electron chi connectivity index (χ2n) is 8.02. The topological polar surface area (TPSA) is 123 Å². The number of halogens is 1. The van der Waals surface area contributed by atoms with E-state index in [1.165, 1.54) is 6.20 Å². The number of hydrogen-bond donors (Lipinski definition) is 4. The van der Waals surface area contributed by atoms with Gasteiger partial charge in [-0.3, -0.25) is 4.79 Å². The Morgan fingerprint density at radius 1 is 0.972 bits per heavy atom. The predicted molar refractivity (Wildman–Crippen MR) is 142 cm³/mol. The number of aromatic nitrogens is 2. The van der Waals surface area contributed by atoms with Crippen LogP contribution in [0.25, 0.3) is 0 Å². The van der Waals surface area contributed by atoms with Crippen molar-refractivity contribution in [1.82, 2.24) is 9.78 Å². The average Bonchev–Trinajstić information content (AvgIpc) is 3.19. The molecule has 0 radical (unpaired) electrons. The third kappa shape index (κ3) is 5.94. The smallest absolute Gasteiger partial charge is 0.323 e. The van der Waals surface area contributed by atoms with E-state index < -0.39 is 6.03 Å². The van der Waals surface area contributed by atoms with Gasteiger partial charge in [-0.2, -0.15) is 5.10 Å². The summed E-state index contributed by atoms with van der Waals surface area (Å²) < 4.78 is 6.78. The van der Waals surface area contributed by atoms with Crippen LogP contribution in [0, 0.1) is 6.92 Å². The number of benzene rings is 3. The number of carbonyl (C=O) groups excluding carboxylic acids is 2. The highest BCUT2D eigenvalue weighted by Gasteiger charge is 2.15. The molecule has 4 rings (SSSR count). The van der Waals surface area contributed by atoms with Crippen molar-refractivity contribution in [3.8, 4) is 5.75 Å². The van der Waals surface area contributed by atoms with Gasteiger partial charge in [-0.1, -0.05) is 23.7 Å². The van der Waals surface area contributed by atoms with E-state index in [4.69, 9.17) is 22.1 Å². The number of nitrogen functional groups attached to an aromatic ring is 1. The van der Waals surface area contributed by atoms with Crippen molar-refractivity contribution in [2.75, 3.05) is 28.8 Å². The minimum absolute atomic E-state index is 0.333. The number of amides is 3. The van der Waals surface area contributed by atoms with Crippen molar-refractivity contribution in [3.05, 3.63) is 94.6 Å². The van der Waals surface area contributed by atoms with Gasteiger partial charge in [-0.05, 0) is 72.6 Å². The molecular weight excluding hydrogens is 480 g/mol. The molecule has 10 heteroatoms. The molecule has 0 saturated heterocycles. The summed E-state index contributed by atoms with van der Waals surface area (Å²) >= 11 is 5.86. The highest BCUT2D eigenvalue weighted by molar-refractivity contribution is 6.30. The van der Waals surface area contributed by atoms with E-state index in [9.17, 15) is 9.59 Å². The molecule has 36 heavy (non-hydrogen) atoms. The van der Waals surface area contributed by atoms with Crippen LogP contribution in [-0.2, 0) is 6.54 Å². The van der Waals surface area contributed by atoms with Crippen molar-refractivity contribution < 1.29 is 14.3 Å². The molecule has 5 N–H and O–H groups in total. The maximum atomic E-state index is 12.9. The van der Waals surface area contributed by atoms with Crippen LogP contribution in [0.4, 0.5) is 27.7 Å². The minimum Gasteiger partial charge on any atom is -0.497 e. The van der Waals surface area contributed by atoms with Crippen molar-refractivity contribution in [3.63, 3.8) is 0 Å². The van der Waals surface area contributed by atoms with Gasteiger partial charge in [0, 0.05) is 22.0 Å². The molecule has 0 atom stereocenters. The summed E-state index contributed by atoms with van der Waals surface area (Å²) in [6.07, 6.45) is 1.52. The van der Waals surface area contributed by atoms with Gasteiger partial charge in [0.25, 0.3) is 5.91 Å². The summed E-state index contributed by atoms with van der Waals surface area (Å²) in [5.41, 5.74) is 9.90. The average molecular weight is 505 g/mol. The number of anilines is 4. The third-order valence-electron chi connectivity index (χ3n) is 5.45. The molecule has 3 aromatic carbocycles. The molecule has 0 aliphatic heterocycles. The first-order valence-electron chi connectivity index (χ1n) is 11.0. The molecule has 4 aromatic rings. The van der Waals surface area contributed by atoms with Gasteiger partial charge in [-0.15, -0.1) is 0 Å². The number of aryl methyl sites for hydroxylation is 1. The van der Waals surface area contributed by atoms with E-state index in [0.29, 0.717) is 45.6 Å². The lowest BCUT2D eigenvalue weighted by Gasteiger charge is -2.11. The van der Waals surface area contributed by atoms with E-state index in [1.807, 2.05) is 24.3 Å². The van der Waals surface area contributed by atoms with Crippen molar-refractivity contribution in [2.45, 2.75) is 13.5 Å². The molecule has 0 bridgehead atoms. The molecule has 1 aromatic heterocycles. The Balaban J connectivity index is 1.38. The molecule has 3 amide bonds. The maximum absolute atomic E-state index is 12.9. The van der Waals surface area contributed by atoms with Crippen LogP contribution >= 0.6 is 11.6 Å². The molecular formula is C26H25ClN6O3. The van der Waals surface area contributed by atoms with Crippen LogP contribution in [0.3, 0.4) is 0 Å². The number of nitrogens with one attached hydrogen (secondary N) is 3. The number of carbonyl (C=O) groups is 2. The monoisotopic (exact) mass is 504 g/mol. The molecule has 9 nitrogen and oxygen atoms in total. The fourth-order valence-electron chi connectivity index (χ4n) is 3.53. The number of nitrogens with zero attached hydrogens (tertiary/aromatic N) is 2. The van der Waals surface area contributed by atoms with Crippen LogP contribution in [0.1, 0.15) is 21.5 Å². The Hall–Kier alpha value is -4.50. The van der Waals surface area contributed by atoms with Crippen molar-refractivity contribution >= 4 is 46.4 Å². The molecule has 0 fully saturated rings. The number of hydrogen-bond acceptors (Lipinski definition) is 5. The SMILES string of the molecule is COc1ccc(Cn2ncc(NC(=O)c3ccc(NC(=O)Nc4ccc(Cl)cc4)cc3C)c2N)cc1. The van der Waals surface area contributed by atoms with Crippen molar-refractivity contribution in [2.24, 2.45) is 0 Å². The van der Waals surface area contributed by atoms with Crippen molar-refractivity contribution in [1.29, 1.82) is 0 Å². The zero-order chi connectivity index (χ0) is 25.7. The predicted octanol–water partition coefficient (Wildman–Crippen LogP) is 5.38. The van der Waals surface area contributed by atoms with Crippen LogP contribution < -0.4 is 26.4 Å². The highest BCUT2D eigenvalue weighted by atomic mass is 35.5. The maximum Gasteiger partial charge on any atom is 0.323 e. The second kappa shape index (κ2) is 10.8. The fraction of sp³-hybridized carbons (Fsp3) is 0.115. The first kappa shape index (κ1) is 24.6. The summed E-state index contributed by atoms with van der Waals surface area (Å²) in [4.78, 5) is 25.2. The number of ether oxygens (including phenoxy) is 1. The Kier molecular flexibility index (Phi) is 7.41. The number of rotatable bonds is 7. The van der Waals surface area contributed by atoms with Gasteiger partial charge in [0.15, 0.2) is 0 Å². The lowest BCUT2D eigenvalue weighted by Crippen LogP contribution is -2.20. The van der Waals surface area contributed by atoms with Gasteiger partial charge in [0.05, 0.1) is 19.9 Å². The van der Waals surface area contributed by atoms with E-state index in [-0.39, 0.29) is 5.91 Å². The second-order valence-corrected chi connectivity index (χ2v) is 8.46. The summed E-state index contributed by atoms with van der Waals surface area (Å²) in [6.45, 7) is 2.23. The fourth-order valence-corrected chi connectivity index (χ4v) is 3.66. The zero-order valence-corrected chi connectivity index (χ0v) is 20.5. The van der Waals surface area contributed by atoms with E-state index in [1.54, 1.807) is 61.2 Å². The first-order valence-corrected chi connectivity index (χ1v) is 11.4. The van der Waals surface area contributed by atoms with E-state index >= 15 is 0 Å². The van der Waals surface area contributed by atoms with Crippen LogP contribution in [0.2, 0.25) is 5.02 Å². The number of nitrogens with two attached hydrogens (primary N) is 1. The zero-order valence-electron chi connectivity index (χ0n) is 19.7. The Bertz CT molecular complexity index is 1380. The third-order valence-corrected chi connectivity index (χ3v) is 5.70. The van der Waals surface area contributed by atoms with Gasteiger partial charge in [0.1, 0.15) is 17.3 Å². The molecule has 0 unspecified atom stereocenters. The minimum atomic E-state index is -0.411. The quantitative estimate of drug-likeness (QED) is 0.269. The van der Waals surface area contributed by atoms with E-state index in [0.717, 1.165) is 11.3 Å². The standard InChI is InChI=1S/C26H25ClN6O3/c1-16-13-20(31-26(35)30-19-7-5-18(27)6-8-19)9-12-22(16)25(34)32-23-14-29-33(24(23)28)15-17-3-10-21(36-2)11-4-17/h3-14H,15,28H2,1-2H3,(H,32,34)(H2,30,31,35). The van der Waals surface area contributed by atoms with Gasteiger partial charge < -0.3 is 26.4 Å². The molecule has 1 heterocycles. The lowest BCUT2D eigenvalue weighted by molar-refractivity contribution is 0.102. The molecule has 0 aliphatic rings. The van der Waals surface area contributed by atoms with Gasteiger partial charge in [-0.25, -0.2) is 9.48 Å². The van der Waals surface area contributed by atoms with Crippen LogP contribution in [0.15, 0.2) is 72.9 Å². The van der Waals surface area contributed by atoms with Crippen LogP contribution in [-0.4, -0.2) is 28.8 Å². The summed E-state index contributed by atoms with van der Waals surface area (Å²) in [5, 5.41) is 13.2. The summed E-state index contributed by atoms with van der Waals surface area (Å²) in [5.74, 6) is 0.772. The number of methoxy groups -OCH3 is 1. The molecule has 184 valence electrons. The highest BCUT2D eigenvalue weighted by Crippen LogP contribution is 2.22. The molecule has 0 saturated carbocycles. The largest absolute Gasteiger partial charge is 0.497 e. The normalized spacial score (nSPS) is 10.5. The summed E-state index contributed by atoms with van der Waals surface area (Å²) in [7, 11) is 1.61. The van der Waals surface area contributed by atoms with Crippen LogP contribution in [0.5, 0.6) is 5.75 Å². The Labute approximate surface area is 213 Å². The Morgan fingerprint density at radius 2 is 1.64 bits per heavy atom. The van der Waals surface area contributed by atoms with Gasteiger partial charge >= 0.3 is 6.03 Å². The van der Waals surface area contributed by atoms with E-state index in [2.05, 4.69) is 21.0 Å². The molecule has 0 aliphatic carbocycles. The van der Waals surface area contributed by atoms with Gasteiger partial charge in [0.2, 0.25) is 0 Å². The number of urea groups is 1. The first-order chi connectivity index (χ1) is 17.3. The summed E-state index contributed by atoms with van der Waals surface area (Å²) in [6, 6.07) is 18.9.